The lowest BCUT2D eigenvalue weighted by Crippen LogP contribution is -1.96. The van der Waals surface area contributed by atoms with Crippen LogP contribution >= 0.6 is 0 Å². The maximum atomic E-state index is 11.4. The summed E-state index contributed by atoms with van der Waals surface area (Å²) in [6.45, 7) is 0. The zero-order valence-electron chi connectivity index (χ0n) is 22.9. The van der Waals surface area contributed by atoms with Crippen LogP contribution in [0, 0.1) is 0 Å². The lowest BCUT2D eigenvalue weighted by molar-refractivity contribution is 0.353. The lowest BCUT2D eigenvalue weighted by atomic mass is 9.87. The van der Waals surface area contributed by atoms with E-state index in [0.29, 0.717) is 43.1 Å². The van der Waals surface area contributed by atoms with Crippen molar-refractivity contribution in [3.63, 3.8) is 0 Å². The van der Waals surface area contributed by atoms with Gasteiger partial charge >= 0.3 is 0 Å². The summed E-state index contributed by atoms with van der Waals surface area (Å²) in [5.74, 6) is -2.34. The molecule has 0 heterocycles. The van der Waals surface area contributed by atoms with Gasteiger partial charge in [0.1, 0.15) is 0 Å². The summed E-state index contributed by atoms with van der Waals surface area (Å²) in [5, 5.41) is 69.7. The standard InChI is InChI=1S/C32H26O10/c1-39-21-11-17-13(9-19(21)33)5-7-15-23(17)31(41-3)29(37)27(35)25(15)26-16-8-6-14-10-20(34)22(40-2)12-18(14)24(16)32(42-4)30(38)28(26)36/h5-12,33-38H,1-4H3. The van der Waals surface area contributed by atoms with Crippen molar-refractivity contribution in [1.82, 2.24) is 0 Å². The molecule has 0 bridgehead atoms. The largest absolute Gasteiger partial charge is 0.504 e. The summed E-state index contributed by atoms with van der Waals surface area (Å²) in [7, 11) is 5.49. The van der Waals surface area contributed by atoms with Gasteiger partial charge in [0.25, 0.3) is 0 Å². The lowest BCUT2D eigenvalue weighted by Gasteiger charge is -2.21. The van der Waals surface area contributed by atoms with Gasteiger partial charge in [-0.25, -0.2) is 0 Å². The summed E-state index contributed by atoms with van der Waals surface area (Å²) >= 11 is 0. The number of hydrogen-bond donors (Lipinski definition) is 6. The van der Waals surface area contributed by atoms with Gasteiger partial charge < -0.3 is 49.6 Å². The fourth-order valence-electron chi connectivity index (χ4n) is 5.76. The van der Waals surface area contributed by atoms with Gasteiger partial charge in [0, 0.05) is 21.9 Å². The van der Waals surface area contributed by atoms with Gasteiger partial charge in [0.2, 0.25) is 11.5 Å². The van der Waals surface area contributed by atoms with Crippen LogP contribution in [0.25, 0.3) is 54.2 Å². The average Bonchev–Trinajstić information content (AvgIpc) is 2.98. The van der Waals surface area contributed by atoms with Crippen molar-refractivity contribution in [3.05, 3.63) is 48.5 Å². The topological polar surface area (TPSA) is 158 Å². The molecular formula is C32H26O10. The second kappa shape index (κ2) is 9.48. The second-order valence-electron chi connectivity index (χ2n) is 9.68. The molecule has 0 amide bonds. The molecule has 0 atom stereocenters. The quantitative estimate of drug-likeness (QED) is 0.104. The molecule has 0 fully saturated rings. The van der Waals surface area contributed by atoms with Crippen LogP contribution in [0.2, 0.25) is 0 Å². The van der Waals surface area contributed by atoms with Crippen LogP contribution < -0.4 is 18.9 Å². The van der Waals surface area contributed by atoms with E-state index < -0.39 is 23.0 Å². The maximum absolute atomic E-state index is 11.4. The van der Waals surface area contributed by atoms with Gasteiger partial charge in [-0.05, 0) is 56.6 Å². The molecule has 0 spiro atoms. The predicted octanol–water partition coefficient (Wildman–Crippen LogP) is 6.23. The molecule has 0 aromatic heterocycles. The van der Waals surface area contributed by atoms with Crippen molar-refractivity contribution in [2.45, 2.75) is 0 Å². The zero-order valence-corrected chi connectivity index (χ0v) is 22.9. The molecular weight excluding hydrogens is 544 g/mol. The number of fused-ring (bicyclic) bond motifs is 6. The summed E-state index contributed by atoms with van der Waals surface area (Å²) in [4.78, 5) is 0. The van der Waals surface area contributed by atoms with E-state index in [0.717, 1.165) is 0 Å². The van der Waals surface area contributed by atoms with Crippen molar-refractivity contribution in [1.29, 1.82) is 0 Å². The van der Waals surface area contributed by atoms with Gasteiger partial charge in [-0.1, -0.05) is 24.3 Å². The van der Waals surface area contributed by atoms with Gasteiger partial charge in [-0.2, -0.15) is 0 Å². The van der Waals surface area contributed by atoms with Gasteiger partial charge in [0.15, 0.2) is 46.0 Å². The minimum Gasteiger partial charge on any atom is -0.504 e. The molecule has 214 valence electrons. The Morgan fingerprint density at radius 3 is 1.14 bits per heavy atom. The summed E-state index contributed by atoms with van der Waals surface area (Å²) in [6, 6.07) is 12.8. The number of ether oxygens (including phenoxy) is 4. The normalized spacial score (nSPS) is 11.4. The van der Waals surface area contributed by atoms with Crippen LogP contribution in [0.5, 0.6) is 57.5 Å². The third-order valence-corrected chi connectivity index (χ3v) is 7.64. The first-order valence-corrected chi connectivity index (χ1v) is 12.7. The number of methoxy groups -OCH3 is 4. The minimum atomic E-state index is -0.603. The molecule has 6 aromatic carbocycles. The van der Waals surface area contributed by atoms with Crippen LogP contribution in [0.3, 0.4) is 0 Å². The maximum Gasteiger partial charge on any atom is 0.201 e. The molecule has 10 heteroatoms. The van der Waals surface area contributed by atoms with Crippen molar-refractivity contribution in [2.75, 3.05) is 28.4 Å². The first-order chi connectivity index (χ1) is 20.2. The summed E-state index contributed by atoms with van der Waals surface area (Å²) in [6.07, 6.45) is 0. The smallest absolute Gasteiger partial charge is 0.201 e. The Morgan fingerprint density at radius 2 is 0.810 bits per heavy atom. The molecule has 42 heavy (non-hydrogen) atoms. The first-order valence-electron chi connectivity index (χ1n) is 12.7. The number of aromatic hydroxyl groups is 6. The van der Waals surface area contributed by atoms with Crippen molar-refractivity contribution < 1.29 is 49.6 Å². The molecule has 6 N–H and O–H groups in total. The number of hydrogen-bond acceptors (Lipinski definition) is 10. The van der Waals surface area contributed by atoms with E-state index in [-0.39, 0.29) is 45.6 Å². The highest BCUT2D eigenvalue weighted by atomic mass is 16.5. The zero-order chi connectivity index (χ0) is 30.0. The monoisotopic (exact) mass is 570 g/mol. The van der Waals surface area contributed by atoms with Crippen molar-refractivity contribution >= 4 is 43.1 Å². The molecule has 0 saturated carbocycles. The highest BCUT2D eigenvalue weighted by molar-refractivity contribution is 6.24. The van der Waals surface area contributed by atoms with E-state index in [1.165, 1.54) is 40.6 Å². The minimum absolute atomic E-state index is 0.00258. The van der Waals surface area contributed by atoms with E-state index >= 15 is 0 Å². The molecule has 0 saturated heterocycles. The molecule has 0 unspecified atom stereocenters. The molecule has 6 rings (SSSR count). The molecule has 0 aliphatic carbocycles. The number of benzene rings is 6. The van der Waals surface area contributed by atoms with Gasteiger partial charge in [-0.3, -0.25) is 0 Å². The van der Waals surface area contributed by atoms with Crippen LogP contribution in [0.4, 0.5) is 0 Å². The van der Waals surface area contributed by atoms with Gasteiger partial charge in [0.05, 0.1) is 28.4 Å². The summed E-state index contributed by atoms with van der Waals surface area (Å²) in [5.41, 5.74) is 0.00516. The Hall–Kier alpha value is -5.64. The van der Waals surface area contributed by atoms with Crippen LogP contribution in [-0.2, 0) is 0 Å². The highest BCUT2D eigenvalue weighted by Crippen LogP contribution is 2.58. The molecule has 0 aliphatic heterocycles. The highest BCUT2D eigenvalue weighted by Gasteiger charge is 2.29. The summed E-state index contributed by atoms with van der Waals surface area (Å²) < 4.78 is 21.7. The van der Waals surface area contributed by atoms with Crippen molar-refractivity contribution in [3.8, 4) is 68.6 Å². The van der Waals surface area contributed by atoms with Gasteiger partial charge in [-0.15, -0.1) is 0 Å². The van der Waals surface area contributed by atoms with Crippen LogP contribution in [0.1, 0.15) is 0 Å². The Morgan fingerprint density at radius 1 is 0.429 bits per heavy atom. The van der Waals surface area contributed by atoms with E-state index in [9.17, 15) is 30.6 Å². The Kier molecular flexibility index (Phi) is 6.00. The van der Waals surface area contributed by atoms with Crippen LogP contribution in [-0.4, -0.2) is 59.1 Å². The van der Waals surface area contributed by atoms with E-state index in [4.69, 9.17) is 18.9 Å². The third-order valence-electron chi connectivity index (χ3n) is 7.64. The Balaban J connectivity index is 1.87. The molecule has 0 radical (unpaired) electrons. The number of rotatable bonds is 5. The second-order valence-corrected chi connectivity index (χ2v) is 9.68. The van der Waals surface area contributed by atoms with E-state index in [2.05, 4.69) is 0 Å². The average molecular weight is 571 g/mol. The first kappa shape index (κ1) is 26.6. The Labute approximate surface area is 238 Å². The van der Waals surface area contributed by atoms with Crippen molar-refractivity contribution in [2.24, 2.45) is 0 Å². The molecule has 0 aliphatic rings. The number of phenols is 6. The third kappa shape index (κ3) is 3.51. The van der Waals surface area contributed by atoms with E-state index in [1.807, 2.05) is 0 Å². The fourth-order valence-corrected chi connectivity index (χ4v) is 5.76. The van der Waals surface area contributed by atoms with Crippen LogP contribution in [0.15, 0.2) is 48.5 Å². The van der Waals surface area contributed by atoms with E-state index in [1.54, 1.807) is 36.4 Å². The molecule has 10 nitrogen and oxygen atoms in total. The number of phenolic OH excluding ortho intramolecular Hbond substituents is 6. The Bertz CT molecular complexity index is 1950. The predicted molar refractivity (Wildman–Crippen MR) is 158 cm³/mol. The molecule has 6 aromatic rings. The fraction of sp³-hybridized carbons (Fsp3) is 0.125. The SMILES string of the molecule is COc1cc2c(ccc3c(-c4c(O)c(O)c(OC)c5c4ccc4cc(O)c(OC)cc45)c(O)c(O)c(OC)c32)cc1O.